The Balaban J connectivity index is 1.85. The molecule has 3 heteroatoms. The molecular weight excluding hydrogens is 314 g/mol. The molecule has 20 heavy (non-hydrogen) atoms. The maximum atomic E-state index is 5.71. The summed E-state index contributed by atoms with van der Waals surface area (Å²) in [6, 6.07) is 9.14. The van der Waals surface area contributed by atoms with Gasteiger partial charge in [-0.1, -0.05) is 35.0 Å². The van der Waals surface area contributed by atoms with Crippen LogP contribution < -0.4 is 5.32 Å². The zero-order valence-electron chi connectivity index (χ0n) is 12.4. The quantitative estimate of drug-likeness (QED) is 0.731. The molecule has 1 heterocycles. The van der Waals surface area contributed by atoms with Crippen molar-refractivity contribution >= 4 is 15.9 Å². The zero-order valence-corrected chi connectivity index (χ0v) is 14.0. The minimum absolute atomic E-state index is 0.467. The molecule has 0 bridgehead atoms. The Kier molecular flexibility index (Phi) is 7.05. The third kappa shape index (κ3) is 5.19. The first kappa shape index (κ1) is 16.0. The van der Waals surface area contributed by atoms with Crippen LogP contribution in [0.3, 0.4) is 0 Å². The van der Waals surface area contributed by atoms with Crippen molar-refractivity contribution < 1.29 is 4.74 Å². The molecule has 1 aliphatic heterocycles. The molecule has 0 aromatic heterocycles. The van der Waals surface area contributed by atoms with Crippen molar-refractivity contribution in [1.29, 1.82) is 0 Å². The number of ether oxygens (including phenoxy) is 1. The fourth-order valence-electron chi connectivity index (χ4n) is 2.85. The molecule has 1 fully saturated rings. The van der Waals surface area contributed by atoms with Crippen LogP contribution >= 0.6 is 15.9 Å². The highest BCUT2D eigenvalue weighted by Crippen LogP contribution is 2.25. The maximum Gasteiger partial charge on any atom is 0.0576 e. The minimum atomic E-state index is 0.467. The Morgan fingerprint density at radius 3 is 3.05 bits per heavy atom. The van der Waals surface area contributed by atoms with Crippen molar-refractivity contribution in [3.05, 3.63) is 34.3 Å². The normalized spacial score (nSPS) is 20.2. The second-order valence-corrected chi connectivity index (χ2v) is 6.54. The molecule has 1 aromatic carbocycles. The van der Waals surface area contributed by atoms with Crippen LogP contribution in [0.2, 0.25) is 0 Å². The van der Waals surface area contributed by atoms with E-state index < -0.39 is 0 Å². The number of hydrogen-bond acceptors (Lipinski definition) is 2. The van der Waals surface area contributed by atoms with E-state index >= 15 is 0 Å². The van der Waals surface area contributed by atoms with Gasteiger partial charge in [0.15, 0.2) is 0 Å². The van der Waals surface area contributed by atoms with Gasteiger partial charge >= 0.3 is 0 Å². The Bertz CT molecular complexity index is 390. The lowest BCUT2D eigenvalue weighted by Gasteiger charge is -2.20. The number of nitrogens with one attached hydrogen (secondary N) is 1. The van der Waals surface area contributed by atoms with Gasteiger partial charge in [-0.25, -0.2) is 0 Å². The molecule has 0 aliphatic carbocycles. The lowest BCUT2D eigenvalue weighted by Crippen LogP contribution is -2.22. The van der Waals surface area contributed by atoms with Gasteiger partial charge in [-0.15, -0.1) is 0 Å². The summed E-state index contributed by atoms with van der Waals surface area (Å²) in [5, 5.41) is 3.68. The maximum absolute atomic E-state index is 5.71. The SMILES string of the molecule is CCCNC(CCCC1CCCO1)c1cccc(Br)c1. The highest BCUT2D eigenvalue weighted by atomic mass is 79.9. The average Bonchev–Trinajstić information content (AvgIpc) is 2.96. The minimum Gasteiger partial charge on any atom is -0.378 e. The van der Waals surface area contributed by atoms with Crippen LogP contribution in [0.4, 0.5) is 0 Å². The van der Waals surface area contributed by atoms with Crippen molar-refractivity contribution in [2.24, 2.45) is 0 Å². The summed E-state index contributed by atoms with van der Waals surface area (Å²) in [4.78, 5) is 0. The third-order valence-corrected chi connectivity index (χ3v) is 4.43. The first-order valence-electron chi connectivity index (χ1n) is 7.90. The van der Waals surface area contributed by atoms with Crippen molar-refractivity contribution in [2.75, 3.05) is 13.2 Å². The molecule has 1 aliphatic rings. The van der Waals surface area contributed by atoms with Gasteiger partial charge in [-0.2, -0.15) is 0 Å². The Labute approximate surface area is 131 Å². The van der Waals surface area contributed by atoms with E-state index in [2.05, 4.69) is 52.4 Å². The first-order valence-corrected chi connectivity index (χ1v) is 8.69. The van der Waals surface area contributed by atoms with E-state index in [9.17, 15) is 0 Å². The average molecular weight is 340 g/mol. The summed E-state index contributed by atoms with van der Waals surface area (Å²) in [6.45, 7) is 4.27. The van der Waals surface area contributed by atoms with Gasteiger partial charge in [0, 0.05) is 17.1 Å². The van der Waals surface area contributed by atoms with E-state index in [1.165, 1.54) is 44.1 Å². The standard InChI is InChI=1S/C17H26BrNO/c1-2-11-19-17(14-6-3-7-15(18)13-14)10-4-8-16-9-5-12-20-16/h3,6-7,13,16-17,19H,2,4-5,8-12H2,1H3. The monoisotopic (exact) mass is 339 g/mol. The van der Waals surface area contributed by atoms with Crippen LogP contribution in [-0.4, -0.2) is 19.3 Å². The van der Waals surface area contributed by atoms with Crippen LogP contribution in [0.5, 0.6) is 0 Å². The molecule has 112 valence electrons. The van der Waals surface area contributed by atoms with Crippen LogP contribution in [0.15, 0.2) is 28.7 Å². The molecule has 0 amide bonds. The fourth-order valence-corrected chi connectivity index (χ4v) is 3.27. The van der Waals surface area contributed by atoms with Gasteiger partial charge in [0.2, 0.25) is 0 Å². The van der Waals surface area contributed by atoms with Crippen molar-refractivity contribution in [3.8, 4) is 0 Å². The lowest BCUT2D eigenvalue weighted by atomic mass is 9.99. The van der Waals surface area contributed by atoms with Crippen LogP contribution in [0.1, 0.15) is 57.1 Å². The Morgan fingerprint density at radius 1 is 1.45 bits per heavy atom. The van der Waals surface area contributed by atoms with E-state index in [0.29, 0.717) is 12.1 Å². The fraction of sp³-hybridized carbons (Fsp3) is 0.647. The van der Waals surface area contributed by atoms with Gasteiger partial charge in [0.05, 0.1) is 6.10 Å². The third-order valence-electron chi connectivity index (χ3n) is 3.93. The van der Waals surface area contributed by atoms with Crippen LogP contribution in [0, 0.1) is 0 Å². The molecule has 2 unspecified atom stereocenters. The Morgan fingerprint density at radius 2 is 2.35 bits per heavy atom. The molecule has 1 saturated heterocycles. The first-order chi connectivity index (χ1) is 9.79. The lowest BCUT2D eigenvalue weighted by molar-refractivity contribution is 0.101. The predicted octanol–water partition coefficient (Wildman–Crippen LogP) is 4.84. The van der Waals surface area contributed by atoms with E-state index in [4.69, 9.17) is 4.74 Å². The molecule has 1 aromatic rings. The highest BCUT2D eigenvalue weighted by Gasteiger charge is 2.16. The van der Waals surface area contributed by atoms with Gasteiger partial charge in [-0.05, 0) is 62.8 Å². The van der Waals surface area contributed by atoms with E-state index in [-0.39, 0.29) is 0 Å². The highest BCUT2D eigenvalue weighted by molar-refractivity contribution is 9.10. The van der Waals surface area contributed by atoms with Crippen molar-refractivity contribution in [2.45, 2.75) is 57.6 Å². The molecule has 1 N–H and O–H groups in total. The molecule has 2 atom stereocenters. The topological polar surface area (TPSA) is 21.3 Å². The number of hydrogen-bond donors (Lipinski definition) is 1. The summed E-state index contributed by atoms with van der Waals surface area (Å²) in [5.41, 5.74) is 1.39. The van der Waals surface area contributed by atoms with E-state index in [1.807, 2.05) is 0 Å². The van der Waals surface area contributed by atoms with Crippen LogP contribution in [0.25, 0.3) is 0 Å². The van der Waals surface area contributed by atoms with Gasteiger partial charge in [0.1, 0.15) is 0 Å². The van der Waals surface area contributed by atoms with Crippen LogP contribution in [-0.2, 0) is 4.74 Å². The van der Waals surface area contributed by atoms with Crippen molar-refractivity contribution in [3.63, 3.8) is 0 Å². The summed E-state index contributed by atoms with van der Waals surface area (Å²) in [5.74, 6) is 0. The smallest absolute Gasteiger partial charge is 0.0576 e. The molecular formula is C17H26BrNO. The number of halogens is 1. The van der Waals surface area contributed by atoms with E-state index in [1.54, 1.807) is 0 Å². The second-order valence-electron chi connectivity index (χ2n) is 5.63. The molecule has 0 spiro atoms. The molecule has 0 saturated carbocycles. The number of rotatable bonds is 8. The summed E-state index contributed by atoms with van der Waals surface area (Å²) in [7, 11) is 0. The van der Waals surface area contributed by atoms with Gasteiger partial charge < -0.3 is 10.1 Å². The van der Waals surface area contributed by atoms with Gasteiger partial charge in [0.25, 0.3) is 0 Å². The van der Waals surface area contributed by atoms with Crippen molar-refractivity contribution in [1.82, 2.24) is 5.32 Å². The number of benzene rings is 1. The summed E-state index contributed by atoms with van der Waals surface area (Å²) < 4.78 is 6.88. The second kappa shape index (κ2) is 8.81. The zero-order chi connectivity index (χ0) is 14.2. The van der Waals surface area contributed by atoms with Gasteiger partial charge in [-0.3, -0.25) is 0 Å². The summed E-state index contributed by atoms with van der Waals surface area (Å²) in [6.07, 6.45) is 7.82. The molecule has 0 radical (unpaired) electrons. The predicted molar refractivity (Wildman–Crippen MR) is 88.0 cm³/mol. The molecule has 2 rings (SSSR count). The van der Waals surface area contributed by atoms with E-state index in [0.717, 1.165) is 17.6 Å². The molecule has 2 nitrogen and oxygen atoms in total. The Hall–Kier alpha value is -0.380. The summed E-state index contributed by atoms with van der Waals surface area (Å²) >= 11 is 3.57. The largest absolute Gasteiger partial charge is 0.378 e.